The average Bonchev–Trinajstić information content (AvgIpc) is 2.19. The molecular weight excluding hydrogens is 177 g/mol. The number of allylic oxidation sites excluding steroid dienone is 4. The topological polar surface area (TPSA) is 66.5 Å². The summed E-state index contributed by atoms with van der Waals surface area (Å²) in [5.74, 6) is -0.511. The van der Waals surface area contributed by atoms with Gasteiger partial charge in [-0.1, -0.05) is 23.8 Å². The third-order valence-electron chi connectivity index (χ3n) is 2.46. The van der Waals surface area contributed by atoms with Crippen LogP contribution in [-0.4, -0.2) is 23.1 Å². The minimum Gasteiger partial charge on any atom is -0.426 e. The van der Waals surface area contributed by atoms with Gasteiger partial charge in [-0.05, 0) is 32.1 Å². The summed E-state index contributed by atoms with van der Waals surface area (Å²) in [5.41, 5.74) is 6.84. The maximum atomic E-state index is 8.76. The molecule has 0 heterocycles. The predicted octanol–water partition coefficient (Wildman–Crippen LogP) is 0.772. The van der Waals surface area contributed by atoms with Gasteiger partial charge in [0.25, 0.3) is 0 Å². The molecule has 4 heteroatoms. The Morgan fingerprint density at radius 1 is 1.43 bits per heavy atom. The fraction of sp³-hybridized carbons (Fsp3) is 0.600. The Bertz CT molecular complexity index is 226. The van der Waals surface area contributed by atoms with Gasteiger partial charge < -0.3 is 15.8 Å². The molecule has 1 unspecified atom stereocenters. The Kier molecular flexibility index (Phi) is 4.94. The zero-order valence-corrected chi connectivity index (χ0v) is 8.39. The van der Waals surface area contributed by atoms with Crippen molar-refractivity contribution in [2.24, 2.45) is 5.73 Å². The highest BCUT2D eigenvalue weighted by Crippen LogP contribution is 2.16. The Morgan fingerprint density at radius 3 is 2.79 bits per heavy atom. The molecule has 4 N–H and O–H groups in total. The van der Waals surface area contributed by atoms with Crippen LogP contribution in [0.2, 0.25) is 0 Å². The van der Waals surface area contributed by atoms with Gasteiger partial charge in [-0.25, -0.2) is 0 Å². The van der Waals surface area contributed by atoms with E-state index in [9.17, 15) is 0 Å². The highest BCUT2D eigenvalue weighted by molar-refractivity contribution is 6.43. The molecule has 78 valence electrons. The van der Waals surface area contributed by atoms with Crippen molar-refractivity contribution in [1.29, 1.82) is 0 Å². The molecule has 14 heavy (non-hydrogen) atoms. The molecule has 3 nitrogen and oxygen atoms in total. The summed E-state index contributed by atoms with van der Waals surface area (Å²) in [5, 5.41) is 17.5. The lowest BCUT2D eigenvalue weighted by atomic mass is 9.77. The third kappa shape index (κ3) is 4.09. The van der Waals surface area contributed by atoms with E-state index >= 15 is 0 Å². The predicted molar refractivity (Wildman–Crippen MR) is 58.5 cm³/mol. The van der Waals surface area contributed by atoms with Gasteiger partial charge >= 0.3 is 7.12 Å². The van der Waals surface area contributed by atoms with Gasteiger partial charge in [0.05, 0.1) is 0 Å². The lowest BCUT2D eigenvalue weighted by Crippen LogP contribution is -2.38. The second-order valence-corrected chi connectivity index (χ2v) is 3.73. The highest BCUT2D eigenvalue weighted by atomic mass is 16.4. The van der Waals surface area contributed by atoms with Gasteiger partial charge in [0.15, 0.2) is 0 Å². The van der Waals surface area contributed by atoms with E-state index in [0.29, 0.717) is 6.42 Å². The normalized spacial score (nSPS) is 17.8. The van der Waals surface area contributed by atoms with Crippen LogP contribution in [0.25, 0.3) is 0 Å². The molecule has 1 aliphatic rings. The molecule has 0 aromatic carbocycles. The summed E-state index contributed by atoms with van der Waals surface area (Å²) in [7, 11) is -1.38. The standard InChI is InChI=1S/C10H18BNO2/c12-10(11(13)14)8-4-7-9-5-2-1-3-6-9/h2,5-6,10,13-14H,1,3-4,7-8,12H2. The average molecular weight is 195 g/mol. The van der Waals surface area contributed by atoms with Crippen LogP contribution in [0, 0.1) is 0 Å². The first-order chi connectivity index (χ1) is 6.70. The number of hydrogen-bond donors (Lipinski definition) is 3. The van der Waals surface area contributed by atoms with Crippen LogP contribution in [0.5, 0.6) is 0 Å². The van der Waals surface area contributed by atoms with Crippen molar-refractivity contribution in [3.63, 3.8) is 0 Å². The number of rotatable bonds is 5. The van der Waals surface area contributed by atoms with E-state index in [-0.39, 0.29) is 0 Å². The molecule has 0 saturated carbocycles. The number of nitrogens with two attached hydrogens (primary N) is 1. The quantitative estimate of drug-likeness (QED) is 0.567. The molecule has 1 aliphatic carbocycles. The number of hydrogen-bond acceptors (Lipinski definition) is 3. The van der Waals surface area contributed by atoms with Gasteiger partial charge in [-0.3, -0.25) is 0 Å². The van der Waals surface area contributed by atoms with Crippen molar-refractivity contribution >= 4 is 7.12 Å². The smallest absolute Gasteiger partial charge is 0.426 e. The van der Waals surface area contributed by atoms with Crippen LogP contribution in [0.1, 0.15) is 32.1 Å². The van der Waals surface area contributed by atoms with Gasteiger partial charge in [0, 0.05) is 5.94 Å². The monoisotopic (exact) mass is 195 g/mol. The third-order valence-corrected chi connectivity index (χ3v) is 2.46. The van der Waals surface area contributed by atoms with Crippen molar-refractivity contribution in [1.82, 2.24) is 0 Å². The first-order valence-electron chi connectivity index (χ1n) is 5.17. The summed E-state index contributed by atoms with van der Waals surface area (Å²) in [6.07, 6.45) is 11.4. The van der Waals surface area contributed by atoms with Crippen molar-refractivity contribution < 1.29 is 10.0 Å². The lowest BCUT2D eigenvalue weighted by Gasteiger charge is -2.10. The van der Waals surface area contributed by atoms with E-state index in [4.69, 9.17) is 15.8 Å². The van der Waals surface area contributed by atoms with Crippen molar-refractivity contribution in [2.45, 2.75) is 38.0 Å². The van der Waals surface area contributed by atoms with E-state index in [1.807, 2.05) is 0 Å². The molecule has 0 aliphatic heterocycles. The Hall–Kier alpha value is -0.575. The molecule has 0 spiro atoms. The fourth-order valence-corrected chi connectivity index (χ4v) is 1.54. The summed E-state index contributed by atoms with van der Waals surface area (Å²) >= 11 is 0. The first-order valence-corrected chi connectivity index (χ1v) is 5.17. The Morgan fingerprint density at radius 2 is 2.21 bits per heavy atom. The van der Waals surface area contributed by atoms with Crippen LogP contribution in [0.15, 0.2) is 23.8 Å². The Balaban J connectivity index is 2.15. The summed E-state index contributed by atoms with van der Waals surface area (Å²) < 4.78 is 0. The van der Waals surface area contributed by atoms with Crippen LogP contribution in [-0.2, 0) is 0 Å². The van der Waals surface area contributed by atoms with E-state index in [1.165, 1.54) is 5.57 Å². The van der Waals surface area contributed by atoms with E-state index < -0.39 is 13.1 Å². The molecule has 0 bridgehead atoms. The maximum Gasteiger partial charge on any atom is 0.469 e. The lowest BCUT2D eigenvalue weighted by molar-refractivity contribution is 0.380. The molecule has 0 saturated heterocycles. The van der Waals surface area contributed by atoms with Gasteiger partial charge in [0.1, 0.15) is 0 Å². The minimum absolute atomic E-state index is 0.511. The molecule has 1 rings (SSSR count). The summed E-state index contributed by atoms with van der Waals surface area (Å²) in [6, 6.07) is 0. The van der Waals surface area contributed by atoms with E-state index in [1.54, 1.807) is 0 Å². The van der Waals surface area contributed by atoms with Crippen LogP contribution in [0.3, 0.4) is 0 Å². The molecule has 0 fully saturated rings. The zero-order valence-electron chi connectivity index (χ0n) is 8.39. The second-order valence-electron chi connectivity index (χ2n) is 3.73. The van der Waals surface area contributed by atoms with Gasteiger partial charge in [-0.2, -0.15) is 0 Å². The molecule has 1 atom stereocenters. The van der Waals surface area contributed by atoms with Gasteiger partial charge in [0.2, 0.25) is 0 Å². The highest BCUT2D eigenvalue weighted by Gasteiger charge is 2.17. The molecule has 0 amide bonds. The van der Waals surface area contributed by atoms with Crippen LogP contribution in [0.4, 0.5) is 0 Å². The fourth-order valence-electron chi connectivity index (χ4n) is 1.54. The van der Waals surface area contributed by atoms with Crippen molar-refractivity contribution in [3.05, 3.63) is 23.8 Å². The largest absolute Gasteiger partial charge is 0.469 e. The SMILES string of the molecule is NC(CCCC1=CCCC=C1)B(O)O. The van der Waals surface area contributed by atoms with Crippen LogP contribution >= 0.6 is 0 Å². The van der Waals surface area contributed by atoms with Gasteiger partial charge in [-0.15, -0.1) is 0 Å². The van der Waals surface area contributed by atoms with Crippen LogP contribution < -0.4 is 5.73 Å². The van der Waals surface area contributed by atoms with Crippen molar-refractivity contribution in [2.75, 3.05) is 0 Å². The first kappa shape index (κ1) is 11.5. The molecular formula is C10H18BNO2. The van der Waals surface area contributed by atoms with Crippen molar-refractivity contribution in [3.8, 4) is 0 Å². The minimum atomic E-state index is -1.38. The van der Waals surface area contributed by atoms with E-state index in [2.05, 4.69) is 18.2 Å². The zero-order chi connectivity index (χ0) is 10.4. The second kappa shape index (κ2) is 6.01. The summed E-state index contributed by atoms with van der Waals surface area (Å²) in [4.78, 5) is 0. The molecule has 0 aromatic rings. The Labute approximate surface area is 85.5 Å². The molecule has 0 aromatic heterocycles. The molecule has 0 radical (unpaired) electrons. The van der Waals surface area contributed by atoms with E-state index in [0.717, 1.165) is 25.7 Å². The summed E-state index contributed by atoms with van der Waals surface area (Å²) in [6.45, 7) is 0. The maximum absolute atomic E-state index is 8.76.